The first-order valence-electron chi connectivity index (χ1n) is 8.45. The first kappa shape index (κ1) is 17.4. The van der Waals surface area contributed by atoms with E-state index in [4.69, 9.17) is 0 Å². The maximum atomic E-state index is 11.5. The van der Waals surface area contributed by atoms with Crippen LogP contribution in [0.5, 0.6) is 0 Å². The predicted octanol–water partition coefficient (Wildman–Crippen LogP) is 2.25. The minimum atomic E-state index is -2.95. The Morgan fingerprint density at radius 2 is 1.75 bits per heavy atom. The number of likely N-dealkylation sites (N-methyl/N-ethyl adjacent to an activating group) is 1. The third kappa shape index (κ3) is 4.15. The van der Waals surface area contributed by atoms with Crippen LogP contribution in [0.1, 0.15) is 18.4 Å². The molecule has 0 radical (unpaired) electrons. The van der Waals surface area contributed by atoms with E-state index in [1.54, 1.807) is 0 Å². The number of rotatable bonds is 5. The fourth-order valence-corrected chi connectivity index (χ4v) is 5.07. The summed E-state index contributed by atoms with van der Waals surface area (Å²) in [7, 11) is -0.955. The Bertz CT molecular complexity index is 797. The SMILES string of the molecule is CN(CCc1cccc2ccccc12)CC1(O)CCS(=O)(=O)CC1. The molecule has 0 amide bonds. The van der Waals surface area contributed by atoms with E-state index < -0.39 is 15.4 Å². The zero-order chi connectivity index (χ0) is 17.2. The van der Waals surface area contributed by atoms with Crippen LogP contribution in [-0.2, 0) is 16.3 Å². The van der Waals surface area contributed by atoms with E-state index >= 15 is 0 Å². The van der Waals surface area contributed by atoms with Crippen LogP contribution >= 0.6 is 0 Å². The molecular formula is C19H25NO3S. The highest BCUT2D eigenvalue weighted by molar-refractivity contribution is 7.91. The maximum absolute atomic E-state index is 11.5. The molecular weight excluding hydrogens is 322 g/mol. The molecule has 0 aromatic heterocycles. The minimum Gasteiger partial charge on any atom is -0.388 e. The number of aliphatic hydroxyl groups is 1. The molecule has 1 heterocycles. The smallest absolute Gasteiger partial charge is 0.150 e. The lowest BCUT2D eigenvalue weighted by Gasteiger charge is -2.35. The van der Waals surface area contributed by atoms with Gasteiger partial charge in [0.15, 0.2) is 9.84 Å². The lowest BCUT2D eigenvalue weighted by atomic mass is 9.96. The first-order chi connectivity index (χ1) is 11.4. The van der Waals surface area contributed by atoms with Crippen molar-refractivity contribution in [1.82, 2.24) is 4.90 Å². The quantitative estimate of drug-likeness (QED) is 0.901. The monoisotopic (exact) mass is 347 g/mol. The largest absolute Gasteiger partial charge is 0.388 e. The van der Waals surface area contributed by atoms with Gasteiger partial charge in [-0.05, 0) is 42.6 Å². The Morgan fingerprint density at radius 1 is 1.08 bits per heavy atom. The van der Waals surface area contributed by atoms with E-state index in [0.717, 1.165) is 13.0 Å². The van der Waals surface area contributed by atoms with Crippen molar-refractivity contribution in [1.29, 1.82) is 0 Å². The number of hydrogen-bond acceptors (Lipinski definition) is 4. The van der Waals surface area contributed by atoms with Crippen molar-refractivity contribution in [2.24, 2.45) is 0 Å². The van der Waals surface area contributed by atoms with Gasteiger partial charge in [-0.2, -0.15) is 0 Å². The molecule has 2 aromatic rings. The van der Waals surface area contributed by atoms with Gasteiger partial charge in [0.05, 0.1) is 17.1 Å². The Balaban J connectivity index is 1.60. The van der Waals surface area contributed by atoms with Crippen LogP contribution in [0.15, 0.2) is 42.5 Å². The summed E-state index contributed by atoms with van der Waals surface area (Å²) in [5.74, 6) is 0.196. The number of nitrogens with zero attached hydrogens (tertiary/aromatic N) is 1. The number of sulfone groups is 1. The first-order valence-corrected chi connectivity index (χ1v) is 10.3. The lowest BCUT2D eigenvalue weighted by molar-refractivity contribution is 0.00174. The highest BCUT2D eigenvalue weighted by Gasteiger charge is 2.36. The molecule has 0 saturated carbocycles. The molecule has 5 heteroatoms. The van der Waals surface area contributed by atoms with Crippen molar-refractivity contribution in [3.8, 4) is 0 Å². The second-order valence-corrected chi connectivity index (χ2v) is 9.31. The molecule has 1 aliphatic rings. The van der Waals surface area contributed by atoms with Gasteiger partial charge in [-0.1, -0.05) is 42.5 Å². The second-order valence-electron chi connectivity index (χ2n) is 7.00. The standard InChI is InChI=1S/C19H25NO3S/c1-20(15-19(21)10-13-24(22,23)14-11-19)12-9-17-7-4-6-16-5-2-3-8-18(16)17/h2-8,21H,9-15H2,1H3. The van der Waals surface area contributed by atoms with E-state index in [1.807, 2.05) is 13.1 Å². The molecule has 1 aliphatic heterocycles. The number of benzene rings is 2. The average molecular weight is 347 g/mol. The van der Waals surface area contributed by atoms with Crippen LogP contribution in [0.2, 0.25) is 0 Å². The van der Waals surface area contributed by atoms with E-state index in [1.165, 1.54) is 16.3 Å². The van der Waals surface area contributed by atoms with Crippen molar-refractivity contribution < 1.29 is 13.5 Å². The van der Waals surface area contributed by atoms with Gasteiger partial charge in [0, 0.05) is 13.1 Å². The maximum Gasteiger partial charge on any atom is 0.150 e. The van der Waals surface area contributed by atoms with Crippen LogP contribution in [0.3, 0.4) is 0 Å². The van der Waals surface area contributed by atoms with E-state index in [0.29, 0.717) is 19.4 Å². The molecule has 3 rings (SSSR count). The predicted molar refractivity (Wildman–Crippen MR) is 98.0 cm³/mol. The topological polar surface area (TPSA) is 57.6 Å². The van der Waals surface area contributed by atoms with Crippen LogP contribution in [0.25, 0.3) is 10.8 Å². The third-order valence-electron chi connectivity index (χ3n) is 4.96. The zero-order valence-corrected chi connectivity index (χ0v) is 14.9. The minimum absolute atomic E-state index is 0.0979. The normalized spacial score (nSPS) is 19.6. The van der Waals surface area contributed by atoms with Crippen molar-refractivity contribution in [3.63, 3.8) is 0 Å². The highest BCUT2D eigenvalue weighted by atomic mass is 32.2. The molecule has 24 heavy (non-hydrogen) atoms. The molecule has 0 atom stereocenters. The summed E-state index contributed by atoms with van der Waals surface area (Å²) in [6, 6.07) is 14.7. The number of fused-ring (bicyclic) bond motifs is 1. The Labute approximate surface area is 144 Å². The molecule has 0 aliphatic carbocycles. The molecule has 130 valence electrons. The average Bonchev–Trinajstić information content (AvgIpc) is 2.56. The fourth-order valence-electron chi connectivity index (χ4n) is 3.48. The van der Waals surface area contributed by atoms with Crippen molar-refractivity contribution in [2.45, 2.75) is 24.9 Å². The molecule has 1 fully saturated rings. The summed E-state index contributed by atoms with van der Waals surface area (Å²) < 4.78 is 23.1. The second kappa shape index (κ2) is 6.82. The molecule has 0 bridgehead atoms. The Kier molecular flexibility index (Phi) is 4.95. The van der Waals surface area contributed by atoms with E-state index in [-0.39, 0.29) is 11.5 Å². The van der Waals surface area contributed by atoms with Crippen molar-refractivity contribution >= 4 is 20.6 Å². The summed E-state index contributed by atoms with van der Waals surface area (Å²) in [5.41, 5.74) is 0.428. The summed E-state index contributed by atoms with van der Waals surface area (Å²) in [4.78, 5) is 2.11. The van der Waals surface area contributed by atoms with Gasteiger partial charge in [-0.25, -0.2) is 8.42 Å². The van der Waals surface area contributed by atoms with Gasteiger partial charge in [0.25, 0.3) is 0 Å². The van der Waals surface area contributed by atoms with Gasteiger partial charge < -0.3 is 10.0 Å². The van der Waals surface area contributed by atoms with Crippen LogP contribution in [0.4, 0.5) is 0 Å². The van der Waals surface area contributed by atoms with Crippen LogP contribution < -0.4 is 0 Å². The Morgan fingerprint density at radius 3 is 2.50 bits per heavy atom. The molecule has 0 unspecified atom stereocenters. The number of hydrogen-bond donors (Lipinski definition) is 1. The van der Waals surface area contributed by atoms with Gasteiger partial charge in [-0.3, -0.25) is 0 Å². The van der Waals surface area contributed by atoms with Crippen LogP contribution in [0, 0.1) is 0 Å². The van der Waals surface area contributed by atoms with Crippen molar-refractivity contribution in [2.75, 3.05) is 31.6 Å². The molecule has 1 N–H and O–H groups in total. The van der Waals surface area contributed by atoms with E-state index in [2.05, 4.69) is 41.3 Å². The fraction of sp³-hybridized carbons (Fsp3) is 0.474. The van der Waals surface area contributed by atoms with E-state index in [9.17, 15) is 13.5 Å². The molecule has 2 aromatic carbocycles. The van der Waals surface area contributed by atoms with Gasteiger partial charge in [0.2, 0.25) is 0 Å². The summed E-state index contributed by atoms with van der Waals surface area (Å²) in [6.07, 6.45) is 1.59. The van der Waals surface area contributed by atoms with Crippen LogP contribution in [-0.4, -0.2) is 55.7 Å². The third-order valence-corrected chi connectivity index (χ3v) is 6.62. The van der Waals surface area contributed by atoms with Gasteiger partial charge in [0.1, 0.15) is 0 Å². The highest BCUT2D eigenvalue weighted by Crippen LogP contribution is 2.25. The molecule has 0 spiro atoms. The molecule has 4 nitrogen and oxygen atoms in total. The molecule has 1 saturated heterocycles. The Hall–Kier alpha value is -1.43. The summed E-state index contributed by atoms with van der Waals surface area (Å²) in [6.45, 7) is 1.36. The zero-order valence-electron chi connectivity index (χ0n) is 14.1. The van der Waals surface area contributed by atoms with Gasteiger partial charge >= 0.3 is 0 Å². The van der Waals surface area contributed by atoms with Crippen molar-refractivity contribution in [3.05, 3.63) is 48.0 Å². The summed E-state index contributed by atoms with van der Waals surface area (Å²) >= 11 is 0. The summed E-state index contributed by atoms with van der Waals surface area (Å²) in [5, 5.41) is 13.2. The van der Waals surface area contributed by atoms with Gasteiger partial charge in [-0.15, -0.1) is 0 Å². The lowest BCUT2D eigenvalue weighted by Crippen LogP contribution is -2.47.